The Hall–Kier alpha value is -0.0600. The Labute approximate surface area is 164 Å². The van der Waals surface area contributed by atoms with Crippen molar-refractivity contribution < 1.29 is 14.7 Å². The molecule has 0 aliphatic carbocycles. The summed E-state index contributed by atoms with van der Waals surface area (Å²) < 4.78 is 0. The molecule has 4 nitrogen and oxygen atoms in total. The van der Waals surface area contributed by atoms with Gasteiger partial charge in [0.05, 0.1) is 0 Å². The van der Waals surface area contributed by atoms with Crippen molar-refractivity contribution in [3.63, 3.8) is 0 Å². The maximum atomic E-state index is 11.8. The van der Waals surface area contributed by atoms with Gasteiger partial charge in [0.2, 0.25) is 5.91 Å². The third-order valence-electron chi connectivity index (χ3n) is 4.30. The Kier molecular flexibility index (Phi) is 18.4. The van der Waals surface area contributed by atoms with Crippen LogP contribution >= 0.6 is 0 Å². The summed E-state index contributed by atoms with van der Waals surface area (Å²) in [6.07, 6.45) is 12.1. The Morgan fingerprint density at radius 3 is 1.83 bits per heavy atom. The van der Waals surface area contributed by atoms with Crippen LogP contribution in [0.1, 0.15) is 91.4 Å². The number of aliphatic carboxylic acids is 1. The van der Waals surface area contributed by atoms with Gasteiger partial charge in [0.1, 0.15) is 6.04 Å². The fourth-order valence-electron chi connectivity index (χ4n) is 2.52. The van der Waals surface area contributed by atoms with Crippen molar-refractivity contribution in [2.75, 3.05) is 0 Å². The van der Waals surface area contributed by atoms with E-state index in [4.69, 9.17) is 5.11 Å². The molecule has 23 heavy (non-hydrogen) atoms. The van der Waals surface area contributed by atoms with Crippen LogP contribution in [0.2, 0.25) is 0 Å². The number of hydrogen-bond donors (Lipinski definition) is 2. The van der Waals surface area contributed by atoms with Crippen LogP contribution in [0.5, 0.6) is 0 Å². The molecule has 0 aromatic rings. The Bertz CT molecular complexity index is 311. The normalized spacial score (nSPS) is 13.0. The Balaban J connectivity index is 0. The predicted octanol–water partition coefficient (Wildman–Crippen LogP) is 3.87. The summed E-state index contributed by atoms with van der Waals surface area (Å²) in [5.74, 6) is -1.10. The van der Waals surface area contributed by atoms with Gasteiger partial charge in [0, 0.05) is 6.42 Å². The summed E-state index contributed by atoms with van der Waals surface area (Å²) in [6, 6.07) is -0.754. The van der Waals surface area contributed by atoms with Crippen LogP contribution in [0.4, 0.5) is 0 Å². The summed E-state index contributed by atoms with van der Waals surface area (Å²) in [4.78, 5) is 23.0. The van der Waals surface area contributed by atoms with Crippen LogP contribution < -0.4 is 5.32 Å². The predicted molar refractivity (Wildman–Crippen MR) is 98.0 cm³/mol. The van der Waals surface area contributed by atoms with Crippen molar-refractivity contribution in [2.45, 2.75) is 97.4 Å². The monoisotopic (exact) mass is 337 g/mol. The van der Waals surface area contributed by atoms with Crippen LogP contribution in [-0.2, 0) is 9.59 Å². The van der Waals surface area contributed by atoms with Gasteiger partial charge in [-0.2, -0.15) is 0 Å². The van der Waals surface area contributed by atoms with Gasteiger partial charge in [-0.1, -0.05) is 78.6 Å². The Morgan fingerprint density at radius 1 is 0.913 bits per heavy atom. The molecular weight excluding hydrogens is 301 g/mol. The van der Waals surface area contributed by atoms with Crippen molar-refractivity contribution in [2.24, 2.45) is 5.92 Å². The SMILES string of the molecule is CCCCCCCCCCCC(=O)N[C@H](C(=O)O)C(C)CC.[NaH]. The molecule has 0 spiro atoms. The zero-order chi connectivity index (χ0) is 16.8. The fraction of sp³-hybridized carbons (Fsp3) is 0.889. The molecule has 5 heteroatoms. The van der Waals surface area contributed by atoms with Crippen molar-refractivity contribution in [1.82, 2.24) is 5.32 Å². The zero-order valence-corrected chi connectivity index (χ0v) is 14.7. The average Bonchev–Trinajstić information content (AvgIpc) is 2.50. The standard InChI is InChI=1S/C18H35NO3.Na.H/c1-4-6-7-8-9-10-11-12-13-14-16(20)19-17(18(21)22)15(3)5-2;;/h15,17H,4-14H2,1-3H3,(H,19,20)(H,21,22);;/t15?,17-;;/m0../s1. The molecular formula is C18H36NNaO3. The molecule has 0 saturated heterocycles. The van der Waals surface area contributed by atoms with Gasteiger partial charge >= 0.3 is 35.5 Å². The van der Waals surface area contributed by atoms with Crippen molar-refractivity contribution in [3.05, 3.63) is 0 Å². The number of rotatable bonds is 14. The van der Waals surface area contributed by atoms with Gasteiger partial charge in [-0.05, 0) is 12.3 Å². The van der Waals surface area contributed by atoms with Gasteiger partial charge in [0.15, 0.2) is 0 Å². The second kappa shape index (κ2) is 16.8. The number of unbranched alkanes of at least 4 members (excludes halogenated alkanes) is 8. The molecule has 0 bridgehead atoms. The number of carbonyl (C=O) groups excluding carboxylic acids is 1. The van der Waals surface area contributed by atoms with E-state index in [2.05, 4.69) is 12.2 Å². The van der Waals surface area contributed by atoms with E-state index in [0.717, 1.165) is 19.3 Å². The molecule has 0 heterocycles. The number of carboxylic acid groups (broad SMARTS) is 1. The molecule has 1 unspecified atom stereocenters. The third-order valence-corrected chi connectivity index (χ3v) is 4.30. The Morgan fingerprint density at radius 2 is 1.39 bits per heavy atom. The molecule has 2 N–H and O–H groups in total. The molecule has 0 rings (SSSR count). The van der Waals surface area contributed by atoms with E-state index in [0.29, 0.717) is 6.42 Å². The summed E-state index contributed by atoms with van der Waals surface area (Å²) >= 11 is 0. The van der Waals surface area contributed by atoms with Crippen LogP contribution in [0.25, 0.3) is 0 Å². The van der Waals surface area contributed by atoms with Crippen molar-refractivity contribution >= 4 is 41.4 Å². The zero-order valence-electron chi connectivity index (χ0n) is 14.7. The average molecular weight is 337 g/mol. The quantitative estimate of drug-likeness (QED) is 0.373. The first-order valence-electron chi connectivity index (χ1n) is 9.05. The number of hydrogen-bond acceptors (Lipinski definition) is 2. The molecule has 0 aromatic heterocycles. The number of carboxylic acids is 1. The van der Waals surface area contributed by atoms with Gasteiger partial charge in [-0.25, -0.2) is 4.79 Å². The molecule has 1 amide bonds. The van der Waals surface area contributed by atoms with Gasteiger partial charge < -0.3 is 10.4 Å². The topological polar surface area (TPSA) is 66.4 Å². The number of carbonyl (C=O) groups is 2. The van der Waals surface area contributed by atoms with E-state index in [1.807, 2.05) is 13.8 Å². The van der Waals surface area contributed by atoms with E-state index in [1.165, 1.54) is 44.9 Å². The molecule has 0 fully saturated rings. The molecule has 0 saturated carbocycles. The van der Waals surface area contributed by atoms with E-state index in [1.54, 1.807) is 0 Å². The van der Waals surface area contributed by atoms with Gasteiger partial charge in [-0.15, -0.1) is 0 Å². The van der Waals surface area contributed by atoms with E-state index in [9.17, 15) is 9.59 Å². The minimum absolute atomic E-state index is 0. The van der Waals surface area contributed by atoms with E-state index < -0.39 is 12.0 Å². The van der Waals surface area contributed by atoms with Crippen LogP contribution in [0, 0.1) is 5.92 Å². The number of amides is 1. The van der Waals surface area contributed by atoms with Crippen molar-refractivity contribution in [3.8, 4) is 0 Å². The molecule has 0 aliphatic rings. The summed E-state index contributed by atoms with van der Waals surface area (Å²) in [6.45, 7) is 6.02. The first-order valence-corrected chi connectivity index (χ1v) is 9.05. The van der Waals surface area contributed by atoms with Gasteiger partial charge in [0.25, 0.3) is 0 Å². The van der Waals surface area contributed by atoms with E-state index in [-0.39, 0.29) is 41.4 Å². The molecule has 132 valence electrons. The number of nitrogens with one attached hydrogen (secondary N) is 1. The third kappa shape index (κ3) is 14.0. The first kappa shape index (κ1) is 25.2. The molecule has 0 aromatic carbocycles. The van der Waals surface area contributed by atoms with Crippen LogP contribution in [-0.4, -0.2) is 52.6 Å². The van der Waals surface area contributed by atoms with Crippen LogP contribution in [0.15, 0.2) is 0 Å². The fourth-order valence-corrected chi connectivity index (χ4v) is 2.52. The van der Waals surface area contributed by atoms with Crippen molar-refractivity contribution in [1.29, 1.82) is 0 Å². The first-order chi connectivity index (χ1) is 10.5. The molecule has 0 aliphatic heterocycles. The summed E-state index contributed by atoms with van der Waals surface area (Å²) in [5.41, 5.74) is 0. The van der Waals surface area contributed by atoms with Crippen LogP contribution in [0.3, 0.4) is 0 Å². The minimum atomic E-state index is -0.935. The summed E-state index contributed by atoms with van der Waals surface area (Å²) in [7, 11) is 0. The van der Waals surface area contributed by atoms with Gasteiger partial charge in [-0.3, -0.25) is 4.79 Å². The second-order valence-electron chi connectivity index (χ2n) is 6.35. The molecule has 0 radical (unpaired) electrons. The second-order valence-corrected chi connectivity index (χ2v) is 6.35. The van der Waals surface area contributed by atoms with E-state index >= 15 is 0 Å². The maximum absolute atomic E-state index is 11.8. The molecule has 2 atom stereocenters. The summed E-state index contributed by atoms with van der Waals surface area (Å²) in [5, 5.41) is 11.8.